The molecule has 0 amide bonds. The van der Waals surface area contributed by atoms with Gasteiger partial charge >= 0.3 is 0 Å². The molecule has 0 unspecified atom stereocenters. The van der Waals surface area contributed by atoms with Gasteiger partial charge in [-0.05, 0) is 0 Å². The van der Waals surface area contributed by atoms with Gasteiger partial charge in [-0.2, -0.15) is 0 Å². The Morgan fingerprint density at radius 3 is 2.38 bits per heavy atom. The number of aromatic nitrogens is 1. The summed E-state index contributed by atoms with van der Waals surface area (Å²) in [6.45, 7) is 0. The van der Waals surface area contributed by atoms with Crippen LogP contribution < -0.4 is 5.73 Å². The van der Waals surface area contributed by atoms with Gasteiger partial charge in [0.05, 0.1) is 10.0 Å². The molecule has 0 aliphatic rings. The lowest BCUT2D eigenvalue weighted by Gasteiger charge is -2.15. The van der Waals surface area contributed by atoms with Crippen molar-refractivity contribution in [3.8, 4) is 0 Å². The van der Waals surface area contributed by atoms with Crippen molar-refractivity contribution >= 4 is 47.2 Å². The molecule has 2 nitrogen and oxygen atoms in total. The van der Waals surface area contributed by atoms with E-state index in [0.29, 0.717) is 0 Å². The molecule has 1 rings (SSSR count). The highest BCUT2D eigenvalue weighted by Gasteiger charge is 2.20. The summed E-state index contributed by atoms with van der Waals surface area (Å²) in [5, 5.41) is 0.163. The SMILES string of the molecule is Cl.N[C@H](CC(F)F)c1c(Cl)cnc(Cl)c1Cl. The van der Waals surface area contributed by atoms with Gasteiger partial charge in [-0.25, -0.2) is 13.8 Å². The second-order valence-electron chi connectivity index (χ2n) is 2.86. The smallest absolute Gasteiger partial charge is 0.240 e. The van der Waals surface area contributed by atoms with Gasteiger partial charge in [0.25, 0.3) is 0 Å². The first-order valence-corrected chi connectivity index (χ1v) is 5.10. The number of pyridine rings is 1. The third kappa shape index (κ3) is 3.86. The van der Waals surface area contributed by atoms with Gasteiger partial charge in [-0.15, -0.1) is 12.4 Å². The fraction of sp³-hybridized carbons (Fsp3) is 0.375. The molecule has 0 saturated carbocycles. The topological polar surface area (TPSA) is 38.9 Å². The zero-order valence-electron chi connectivity index (χ0n) is 7.76. The molecule has 0 saturated heterocycles. The van der Waals surface area contributed by atoms with Crippen LogP contribution in [0.1, 0.15) is 18.0 Å². The molecule has 0 bridgehead atoms. The normalized spacial score (nSPS) is 12.4. The quantitative estimate of drug-likeness (QED) is 0.853. The largest absolute Gasteiger partial charge is 0.324 e. The molecule has 16 heavy (non-hydrogen) atoms. The van der Waals surface area contributed by atoms with Crippen LogP contribution in [0.25, 0.3) is 0 Å². The fourth-order valence-electron chi connectivity index (χ4n) is 1.11. The molecule has 0 aromatic carbocycles. The molecule has 1 heterocycles. The predicted molar refractivity (Wildman–Crippen MR) is 64.1 cm³/mol. The lowest BCUT2D eigenvalue weighted by Crippen LogP contribution is -2.15. The number of hydrogen-bond acceptors (Lipinski definition) is 2. The van der Waals surface area contributed by atoms with Crippen molar-refractivity contribution < 1.29 is 8.78 Å². The minimum absolute atomic E-state index is 0. The maximum Gasteiger partial charge on any atom is 0.240 e. The first-order valence-electron chi connectivity index (χ1n) is 3.96. The highest BCUT2D eigenvalue weighted by molar-refractivity contribution is 6.43. The molecule has 1 atom stereocenters. The van der Waals surface area contributed by atoms with Crippen molar-refractivity contribution in [1.82, 2.24) is 4.98 Å². The van der Waals surface area contributed by atoms with Crippen molar-refractivity contribution in [1.29, 1.82) is 0 Å². The van der Waals surface area contributed by atoms with E-state index < -0.39 is 18.9 Å². The van der Waals surface area contributed by atoms with Crippen molar-refractivity contribution in [2.75, 3.05) is 0 Å². The maximum atomic E-state index is 12.1. The van der Waals surface area contributed by atoms with Crippen molar-refractivity contribution in [2.45, 2.75) is 18.9 Å². The summed E-state index contributed by atoms with van der Waals surface area (Å²) >= 11 is 17.1. The third-order valence-corrected chi connectivity index (χ3v) is 2.84. The summed E-state index contributed by atoms with van der Waals surface area (Å²) in [7, 11) is 0. The number of nitrogens with two attached hydrogens (primary N) is 1. The average Bonchev–Trinajstić information content (AvgIpc) is 2.11. The highest BCUT2D eigenvalue weighted by atomic mass is 35.5. The molecular weight excluding hydrogens is 304 g/mol. The second kappa shape index (κ2) is 6.77. The third-order valence-electron chi connectivity index (χ3n) is 1.77. The number of alkyl halides is 2. The number of hydrogen-bond donors (Lipinski definition) is 1. The minimum atomic E-state index is -2.53. The monoisotopic (exact) mass is 310 g/mol. The number of rotatable bonds is 3. The molecular formula is C8H8Cl4F2N2. The highest BCUT2D eigenvalue weighted by Crippen LogP contribution is 2.34. The number of nitrogens with zero attached hydrogens (tertiary/aromatic N) is 1. The fourth-order valence-corrected chi connectivity index (χ4v) is 1.88. The van der Waals surface area contributed by atoms with E-state index in [1.165, 1.54) is 6.20 Å². The molecule has 8 heteroatoms. The lowest BCUT2D eigenvalue weighted by molar-refractivity contribution is 0.128. The van der Waals surface area contributed by atoms with Gasteiger partial charge in [-0.3, -0.25) is 0 Å². The van der Waals surface area contributed by atoms with Crippen LogP contribution in [0, 0.1) is 0 Å². The summed E-state index contributed by atoms with van der Waals surface area (Å²) in [6.07, 6.45) is -1.82. The van der Waals surface area contributed by atoms with Gasteiger partial charge < -0.3 is 5.73 Å². The van der Waals surface area contributed by atoms with Crippen molar-refractivity contribution in [3.05, 3.63) is 27.0 Å². The van der Waals surface area contributed by atoms with Gasteiger partial charge in [0.2, 0.25) is 6.43 Å². The van der Waals surface area contributed by atoms with Crippen LogP contribution in [-0.2, 0) is 0 Å². The van der Waals surface area contributed by atoms with E-state index in [4.69, 9.17) is 40.5 Å². The second-order valence-corrected chi connectivity index (χ2v) is 4.00. The van der Waals surface area contributed by atoms with Crippen LogP contribution in [0.5, 0.6) is 0 Å². The molecule has 0 aliphatic carbocycles. The molecule has 0 fully saturated rings. The summed E-state index contributed by atoms with van der Waals surface area (Å²) in [5.74, 6) is 0. The minimum Gasteiger partial charge on any atom is -0.324 e. The van der Waals surface area contributed by atoms with Crippen LogP contribution in [-0.4, -0.2) is 11.4 Å². The molecule has 0 aliphatic heterocycles. The van der Waals surface area contributed by atoms with E-state index in [-0.39, 0.29) is 33.2 Å². The van der Waals surface area contributed by atoms with Crippen LogP contribution in [0.4, 0.5) is 8.78 Å². The summed E-state index contributed by atoms with van der Waals surface area (Å²) < 4.78 is 24.2. The lowest BCUT2D eigenvalue weighted by atomic mass is 10.1. The molecule has 2 N–H and O–H groups in total. The van der Waals surface area contributed by atoms with E-state index in [0.717, 1.165) is 0 Å². The molecule has 1 aromatic heterocycles. The zero-order chi connectivity index (χ0) is 11.6. The van der Waals surface area contributed by atoms with Crippen LogP contribution in [0.2, 0.25) is 15.2 Å². The molecule has 92 valence electrons. The average molecular weight is 312 g/mol. The van der Waals surface area contributed by atoms with Crippen LogP contribution in [0.3, 0.4) is 0 Å². The molecule has 0 spiro atoms. The zero-order valence-corrected chi connectivity index (χ0v) is 10.8. The van der Waals surface area contributed by atoms with Gasteiger partial charge in [-0.1, -0.05) is 34.8 Å². The standard InChI is InChI=1S/C8H7Cl3F2N2.ClH/c9-3-2-15-8(11)7(10)6(3)4(14)1-5(12)13;/h2,4-5H,1,14H2;1H/t4-;/m1./s1. The molecule has 1 aromatic rings. The number of halogens is 6. The summed E-state index contributed by atoms with van der Waals surface area (Å²) in [6, 6.07) is -0.953. The Morgan fingerprint density at radius 2 is 1.88 bits per heavy atom. The first-order chi connectivity index (χ1) is 6.93. The van der Waals surface area contributed by atoms with E-state index in [9.17, 15) is 8.78 Å². The Labute approximate surface area is 112 Å². The predicted octanol–water partition coefficient (Wildman–Crippen LogP) is 4.12. The Balaban J connectivity index is 0.00000225. The van der Waals surface area contributed by atoms with Gasteiger partial charge in [0.15, 0.2) is 0 Å². The van der Waals surface area contributed by atoms with E-state index in [1.54, 1.807) is 0 Å². The van der Waals surface area contributed by atoms with E-state index in [1.807, 2.05) is 0 Å². The van der Waals surface area contributed by atoms with Crippen LogP contribution >= 0.6 is 47.2 Å². The Morgan fingerprint density at radius 1 is 1.31 bits per heavy atom. The van der Waals surface area contributed by atoms with Gasteiger partial charge in [0, 0.05) is 24.2 Å². The van der Waals surface area contributed by atoms with Crippen LogP contribution in [0.15, 0.2) is 6.20 Å². The Bertz CT molecular complexity index is 362. The van der Waals surface area contributed by atoms with Gasteiger partial charge in [0.1, 0.15) is 5.15 Å². The molecule has 0 radical (unpaired) electrons. The Hall–Kier alpha value is 0.130. The summed E-state index contributed by atoms with van der Waals surface area (Å²) in [4.78, 5) is 3.66. The van der Waals surface area contributed by atoms with Crippen molar-refractivity contribution in [3.63, 3.8) is 0 Å². The Kier molecular flexibility index (Phi) is 6.82. The first kappa shape index (κ1) is 16.1. The van der Waals surface area contributed by atoms with E-state index >= 15 is 0 Å². The maximum absolute atomic E-state index is 12.1. The van der Waals surface area contributed by atoms with E-state index in [2.05, 4.69) is 4.98 Å². The summed E-state index contributed by atoms with van der Waals surface area (Å²) in [5.41, 5.74) is 5.74. The van der Waals surface area contributed by atoms with Crippen molar-refractivity contribution in [2.24, 2.45) is 5.73 Å².